The van der Waals surface area contributed by atoms with Gasteiger partial charge in [0.2, 0.25) is 5.78 Å². The standard InChI is InChI=1S/C24H30O3/c1-27-24-21(22(25)19-10-4-5-11-20(19)23(24)26)12-6-7-16-13-14-17-8-2-3-9-18(17)15-16/h4-5,10-11,16-18H,2-3,6-9,12-15H2,1H3. The van der Waals surface area contributed by atoms with Crippen molar-refractivity contribution in [2.75, 3.05) is 7.11 Å². The number of carbonyl (C=O) groups is 2. The predicted octanol–water partition coefficient (Wildman–Crippen LogP) is 5.74. The molecular weight excluding hydrogens is 336 g/mol. The van der Waals surface area contributed by atoms with Crippen LogP contribution in [0.25, 0.3) is 0 Å². The second-order valence-corrected chi connectivity index (χ2v) is 8.59. The van der Waals surface area contributed by atoms with Gasteiger partial charge in [0, 0.05) is 16.7 Å². The summed E-state index contributed by atoms with van der Waals surface area (Å²) in [5, 5.41) is 0. The quantitative estimate of drug-likeness (QED) is 0.667. The van der Waals surface area contributed by atoms with E-state index in [1.54, 1.807) is 18.2 Å². The molecule has 2 saturated carbocycles. The molecule has 0 saturated heterocycles. The van der Waals surface area contributed by atoms with E-state index in [4.69, 9.17) is 4.74 Å². The minimum Gasteiger partial charge on any atom is -0.492 e. The summed E-state index contributed by atoms with van der Waals surface area (Å²) in [6.07, 6.45) is 12.6. The predicted molar refractivity (Wildman–Crippen MR) is 106 cm³/mol. The molecular formula is C24H30O3. The zero-order valence-electron chi connectivity index (χ0n) is 16.3. The Labute approximate surface area is 162 Å². The van der Waals surface area contributed by atoms with Crippen LogP contribution in [0.2, 0.25) is 0 Å². The Balaban J connectivity index is 1.40. The van der Waals surface area contributed by atoms with Crippen molar-refractivity contribution in [3.05, 3.63) is 46.7 Å². The topological polar surface area (TPSA) is 43.4 Å². The van der Waals surface area contributed by atoms with E-state index in [2.05, 4.69) is 0 Å². The minimum absolute atomic E-state index is 0.0296. The number of ketones is 2. The van der Waals surface area contributed by atoms with Crippen LogP contribution in [-0.4, -0.2) is 18.7 Å². The molecule has 3 unspecified atom stereocenters. The molecule has 3 atom stereocenters. The highest BCUT2D eigenvalue weighted by Gasteiger charge is 2.34. The van der Waals surface area contributed by atoms with Gasteiger partial charge in [-0.3, -0.25) is 9.59 Å². The molecule has 0 radical (unpaired) electrons. The fourth-order valence-corrected chi connectivity index (χ4v) is 5.65. The van der Waals surface area contributed by atoms with Crippen molar-refractivity contribution in [3.63, 3.8) is 0 Å². The Kier molecular flexibility index (Phi) is 5.47. The highest BCUT2D eigenvalue weighted by molar-refractivity contribution is 6.26. The van der Waals surface area contributed by atoms with Crippen molar-refractivity contribution >= 4 is 11.6 Å². The van der Waals surface area contributed by atoms with E-state index >= 15 is 0 Å². The first kappa shape index (κ1) is 18.5. The molecule has 3 aliphatic carbocycles. The first-order valence-electron chi connectivity index (χ1n) is 10.6. The fraction of sp³-hybridized carbons (Fsp3) is 0.583. The second kappa shape index (κ2) is 8.00. The zero-order valence-corrected chi connectivity index (χ0v) is 16.3. The highest BCUT2D eigenvalue weighted by atomic mass is 16.5. The Morgan fingerprint density at radius 3 is 2.37 bits per heavy atom. The Morgan fingerprint density at radius 1 is 0.926 bits per heavy atom. The molecule has 0 spiro atoms. The van der Waals surface area contributed by atoms with Gasteiger partial charge in [0.25, 0.3) is 0 Å². The molecule has 0 aromatic heterocycles. The van der Waals surface area contributed by atoms with Crippen LogP contribution in [0, 0.1) is 17.8 Å². The van der Waals surface area contributed by atoms with Gasteiger partial charge in [0.05, 0.1) is 7.11 Å². The van der Waals surface area contributed by atoms with Crippen LogP contribution in [0.4, 0.5) is 0 Å². The smallest absolute Gasteiger partial charge is 0.228 e. The summed E-state index contributed by atoms with van der Waals surface area (Å²) < 4.78 is 5.37. The molecule has 0 aliphatic heterocycles. The van der Waals surface area contributed by atoms with Crippen molar-refractivity contribution in [2.24, 2.45) is 17.8 Å². The summed E-state index contributed by atoms with van der Waals surface area (Å²) in [6.45, 7) is 0. The Morgan fingerprint density at radius 2 is 1.63 bits per heavy atom. The number of fused-ring (bicyclic) bond motifs is 2. The largest absolute Gasteiger partial charge is 0.492 e. The summed E-state index contributed by atoms with van der Waals surface area (Å²) in [7, 11) is 1.50. The normalized spacial score (nSPS) is 28.0. The number of Topliss-reactive ketones (excluding diaryl/α,β-unsaturated/α-hetero) is 2. The summed E-state index contributed by atoms with van der Waals surface area (Å²) in [6, 6.07) is 7.09. The van der Waals surface area contributed by atoms with Crippen LogP contribution in [0.15, 0.2) is 35.6 Å². The molecule has 27 heavy (non-hydrogen) atoms. The van der Waals surface area contributed by atoms with Gasteiger partial charge in [-0.15, -0.1) is 0 Å². The fourth-order valence-electron chi connectivity index (χ4n) is 5.65. The van der Waals surface area contributed by atoms with Crippen LogP contribution in [0.3, 0.4) is 0 Å². The molecule has 0 heterocycles. The summed E-state index contributed by atoms with van der Waals surface area (Å²) in [5.41, 5.74) is 1.58. The lowest BCUT2D eigenvalue weighted by Crippen LogP contribution is -2.27. The molecule has 1 aromatic rings. The van der Waals surface area contributed by atoms with Gasteiger partial charge < -0.3 is 4.74 Å². The van der Waals surface area contributed by atoms with Crippen LogP contribution in [-0.2, 0) is 4.74 Å². The first-order valence-corrected chi connectivity index (χ1v) is 10.6. The maximum absolute atomic E-state index is 12.9. The number of allylic oxidation sites excluding steroid dienone is 2. The number of hydrogen-bond donors (Lipinski definition) is 0. The molecule has 144 valence electrons. The third-order valence-corrected chi connectivity index (χ3v) is 7.06. The first-order chi connectivity index (χ1) is 13.2. The molecule has 4 rings (SSSR count). The average molecular weight is 367 g/mol. The van der Waals surface area contributed by atoms with E-state index in [9.17, 15) is 9.59 Å². The van der Waals surface area contributed by atoms with E-state index in [0.29, 0.717) is 23.1 Å². The van der Waals surface area contributed by atoms with E-state index < -0.39 is 0 Å². The van der Waals surface area contributed by atoms with Crippen molar-refractivity contribution in [2.45, 2.75) is 64.2 Å². The minimum atomic E-state index is -0.148. The average Bonchev–Trinajstić information content (AvgIpc) is 2.71. The second-order valence-electron chi connectivity index (χ2n) is 8.59. The van der Waals surface area contributed by atoms with Crippen molar-refractivity contribution in [1.82, 2.24) is 0 Å². The van der Waals surface area contributed by atoms with Gasteiger partial charge in [-0.25, -0.2) is 0 Å². The number of benzene rings is 1. The van der Waals surface area contributed by atoms with E-state index in [0.717, 1.165) is 30.6 Å². The number of methoxy groups -OCH3 is 1. The molecule has 3 aliphatic rings. The van der Waals surface area contributed by atoms with Crippen molar-refractivity contribution < 1.29 is 14.3 Å². The highest BCUT2D eigenvalue weighted by Crippen LogP contribution is 2.44. The van der Waals surface area contributed by atoms with Gasteiger partial charge in [0.1, 0.15) is 0 Å². The number of carbonyl (C=O) groups excluding carboxylic acids is 2. The van der Waals surface area contributed by atoms with Crippen LogP contribution in [0.5, 0.6) is 0 Å². The lowest BCUT2D eigenvalue weighted by molar-refractivity contribution is 0.0901. The van der Waals surface area contributed by atoms with E-state index in [1.165, 1.54) is 52.1 Å². The molecule has 2 fully saturated rings. The van der Waals surface area contributed by atoms with Crippen molar-refractivity contribution in [1.29, 1.82) is 0 Å². The molecule has 3 heteroatoms. The maximum atomic E-state index is 12.9. The number of ether oxygens (including phenoxy) is 1. The summed E-state index contributed by atoms with van der Waals surface area (Å²) in [5.74, 6) is 2.79. The number of rotatable bonds is 5. The third kappa shape index (κ3) is 3.61. The lowest BCUT2D eigenvalue weighted by Gasteiger charge is -2.39. The Hall–Kier alpha value is -1.90. The van der Waals surface area contributed by atoms with Crippen LogP contribution >= 0.6 is 0 Å². The Bertz CT molecular complexity index is 761. The van der Waals surface area contributed by atoms with E-state index in [-0.39, 0.29) is 17.3 Å². The SMILES string of the molecule is COC1=C(CCCC2CCC3CCCCC3C2)C(=O)c2ccccc2C1=O. The van der Waals surface area contributed by atoms with Gasteiger partial charge in [-0.2, -0.15) is 0 Å². The summed E-state index contributed by atoms with van der Waals surface area (Å²) in [4.78, 5) is 25.6. The monoisotopic (exact) mass is 366 g/mol. The molecule has 3 nitrogen and oxygen atoms in total. The lowest BCUT2D eigenvalue weighted by atomic mass is 9.66. The number of hydrogen-bond acceptors (Lipinski definition) is 3. The molecule has 0 bridgehead atoms. The molecule has 0 amide bonds. The molecule has 0 N–H and O–H groups in total. The van der Waals surface area contributed by atoms with E-state index in [1.807, 2.05) is 6.07 Å². The zero-order chi connectivity index (χ0) is 18.8. The van der Waals surface area contributed by atoms with Gasteiger partial charge in [-0.1, -0.05) is 62.8 Å². The van der Waals surface area contributed by atoms with Gasteiger partial charge in [0.15, 0.2) is 11.5 Å². The van der Waals surface area contributed by atoms with Crippen LogP contribution < -0.4 is 0 Å². The van der Waals surface area contributed by atoms with Crippen LogP contribution in [0.1, 0.15) is 84.9 Å². The van der Waals surface area contributed by atoms with Gasteiger partial charge in [-0.05, 0) is 43.4 Å². The third-order valence-electron chi connectivity index (χ3n) is 7.06. The summed E-state index contributed by atoms with van der Waals surface area (Å²) >= 11 is 0. The maximum Gasteiger partial charge on any atom is 0.228 e. The van der Waals surface area contributed by atoms with Gasteiger partial charge >= 0.3 is 0 Å². The van der Waals surface area contributed by atoms with Crippen molar-refractivity contribution in [3.8, 4) is 0 Å². The molecule has 1 aromatic carbocycles.